The minimum Gasteiger partial charge on any atom is -0.463 e. The van der Waals surface area contributed by atoms with Crippen LogP contribution in [0.4, 0.5) is 0 Å². The molecule has 0 saturated carbocycles. The molecule has 166 valence electrons. The summed E-state index contributed by atoms with van der Waals surface area (Å²) in [6.45, 7) is 0. The van der Waals surface area contributed by atoms with Crippen molar-refractivity contribution in [1.82, 2.24) is 0 Å². The Balaban J connectivity index is 1.95. The standard InChI is InChI=1S/C24H13Cl3O5S/c25-16-3-1-14(2-4-16)24(29)22(33(30,31)19-8-5-17(26)6-9-19)11-15-13-32-21-10-7-18(27)12-20(21)23(15)28/h1-13H/b22-11-. The highest BCUT2D eigenvalue weighted by molar-refractivity contribution is 7.96. The van der Waals surface area contributed by atoms with Gasteiger partial charge in [0.1, 0.15) is 16.8 Å². The van der Waals surface area contributed by atoms with Gasteiger partial charge in [0.15, 0.2) is 5.43 Å². The molecule has 3 aromatic carbocycles. The predicted octanol–water partition coefficient (Wildman–Crippen LogP) is 6.45. The third-order valence-electron chi connectivity index (χ3n) is 4.79. The van der Waals surface area contributed by atoms with Crippen molar-refractivity contribution >= 4 is 67.5 Å². The summed E-state index contributed by atoms with van der Waals surface area (Å²) in [5.74, 6) is -0.813. The van der Waals surface area contributed by atoms with Crippen molar-refractivity contribution in [3.05, 3.63) is 114 Å². The average Bonchev–Trinajstić information content (AvgIpc) is 2.79. The monoisotopic (exact) mass is 518 g/mol. The van der Waals surface area contributed by atoms with E-state index in [0.29, 0.717) is 15.1 Å². The van der Waals surface area contributed by atoms with Crippen molar-refractivity contribution in [1.29, 1.82) is 0 Å². The highest BCUT2D eigenvalue weighted by Gasteiger charge is 2.28. The van der Waals surface area contributed by atoms with Crippen LogP contribution in [-0.2, 0) is 9.84 Å². The summed E-state index contributed by atoms with van der Waals surface area (Å²) in [6, 6.07) is 15.6. The van der Waals surface area contributed by atoms with Gasteiger partial charge in [-0.05, 0) is 72.8 Å². The fourth-order valence-corrected chi connectivity index (χ4v) is 4.93. The normalized spacial score (nSPS) is 12.2. The van der Waals surface area contributed by atoms with Gasteiger partial charge in [-0.3, -0.25) is 9.59 Å². The van der Waals surface area contributed by atoms with Crippen molar-refractivity contribution < 1.29 is 17.6 Å². The number of rotatable bonds is 5. The molecule has 4 rings (SSSR count). The van der Waals surface area contributed by atoms with Gasteiger partial charge in [0.2, 0.25) is 15.6 Å². The second-order valence-electron chi connectivity index (χ2n) is 6.96. The fraction of sp³-hybridized carbons (Fsp3) is 0. The zero-order valence-electron chi connectivity index (χ0n) is 16.6. The number of hydrogen-bond acceptors (Lipinski definition) is 5. The quantitative estimate of drug-likeness (QED) is 0.223. The van der Waals surface area contributed by atoms with Crippen LogP contribution in [0.2, 0.25) is 15.1 Å². The largest absolute Gasteiger partial charge is 0.463 e. The lowest BCUT2D eigenvalue weighted by Gasteiger charge is -2.10. The van der Waals surface area contributed by atoms with Gasteiger partial charge in [0.05, 0.1) is 15.8 Å². The molecular formula is C24H13Cl3O5S. The first-order valence-corrected chi connectivity index (χ1v) is 12.0. The van der Waals surface area contributed by atoms with Gasteiger partial charge in [-0.2, -0.15) is 0 Å². The third-order valence-corrected chi connectivity index (χ3v) is 7.31. The van der Waals surface area contributed by atoms with E-state index < -0.39 is 26.0 Å². The summed E-state index contributed by atoms with van der Waals surface area (Å²) in [7, 11) is -4.34. The van der Waals surface area contributed by atoms with Gasteiger partial charge in [0, 0.05) is 20.6 Å². The van der Waals surface area contributed by atoms with Gasteiger partial charge < -0.3 is 4.42 Å². The van der Waals surface area contributed by atoms with Gasteiger partial charge in [-0.25, -0.2) is 8.42 Å². The van der Waals surface area contributed by atoms with Crippen LogP contribution in [0.1, 0.15) is 15.9 Å². The Bertz CT molecular complexity index is 1570. The molecule has 0 fully saturated rings. The van der Waals surface area contributed by atoms with E-state index in [-0.39, 0.29) is 27.0 Å². The van der Waals surface area contributed by atoms with Crippen molar-refractivity contribution in [2.45, 2.75) is 4.90 Å². The van der Waals surface area contributed by atoms with Crippen molar-refractivity contribution in [3.8, 4) is 0 Å². The second kappa shape index (κ2) is 9.15. The SMILES string of the molecule is O=C(/C(=C/c1coc2ccc(Cl)cc2c1=O)S(=O)(=O)c1ccc(Cl)cc1)c1ccc(Cl)cc1. The Morgan fingerprint density at radius 1 is 0.818 bits per heavy atom. The molecule has 9 heteroatoms. The van der Waals surface area contributed by atoms with Crippen LogP contribution in [0.25, 0.3) is 17.0 Å². The second-order valence-corrected chi connectivity index (χ2v) is 10.2. The van der Waals surface area contributed by atoms with Crippen LogP contribution in [0.5, 0.6) is 0 Å². The lowest BCUT2D eigenvalue weighted by atomic mass is 10.1. The van der Waals surface area contributed by atoms with E-state index in [0.717, 1.165) is 12.3 Å². The minimum atomic E-state index is -4.34. The minimum absolute atomic E-state index is 0.0800. The van der Waals surface area contributed by atoms with Crippen LogP contribution in [-0.4, -0.2) is 14.2 Å². The Kier molecular flexibility index (Phi) is 6.45. The average molecular weight is 520 g/mol. The van der Waals surface area contributed by atoms with E-state index in [1.165, 1.54) is 60.7 Å². The molecule has 4 aromatic rings. The Morgan fingerprint density at radius 3 is 2.03 bits per heavy atom. The molecule has 0 amide bonds. The lowest BCUT2D eigenvalue weighted by molar-refractivity contribution is 0.104. The number of halogens is 3. The number of Topliss-reactive ketones (excluding diaryl/α,β-unsaturated/α-hetero) is 1. The summed E-state index contributed by atoms with van der Waals surface area (Å²) in [4.78, 5) is 25.6. The van der Waals surface area contributed by atoms with Crippen LogP contribution >= 0.6 is 34.8 Å². The zero-order valence-corrected chi connectivity index (χ0v) is 19.7. The maximum atomic E-state index is 13.4. The summed E-state index contributed by atoms with van der Waals surface area (Å²) < 4.78 is 32.4. The predicted molar refractivity (Wildman–Crippen MR) is 130 cm³/mol. The van der Waals surface area contributed by atoms with Gasteiger partial charge >= 0.3 is 0 Å². The van der Waals surface area contributed by atoms with Crippen molar-refractivity contribution in [2.24, 2.45) is 0 Å². The number of benzene rings is 3. The number of carbonyl (C=O) groups is 1. The van der Waals surface area contributed by atoms with Crippen LogP contribution < -0.4 is 5.43 Å². The topological polar surface area (TPSA) is 81.4 Å². The molecule has 0 saturated heterocycles. The summed E-state index contributed by atoms with van der Waals surface area (Å²) in [5.41, 5.74) is -0.310. The maximum absolute atomic E-state index is 13.4. The summed E-state index contributed by atoms with van der Waals surface area (Å²) in [5, 5.41) is 1.17. The molecular weight excluding hydrogens is 507 g/mol. The van der Waals surface area contributed by atoms with E-state index in [4.69, 9.17) is 39.2 Å². The van der Waals surface area contributed by atoms with Crippen LogP contribution in [0.15, 0.2) is 92.0 Å². The van der Waals surface area contributed by atoms with Crippen molar-refractivity contribution in [2.75, 3.05) is 0 Å². The van der Waals surface area contributed by atoms with E-state index >= 15 is 0 Å². The molecule has 1 aromatic heterocycles. The lowest BCUT2D eigenvalue weighted by Crippen LogP contribution is -2.16. The van der Waals surface area contributed by atoms with E-state index in [1.54, 1.807) is 6.07 Å². The molecule has 0 unspecified atom stereocenters. The van der Waals surface area contributed by atoms with E-state index in [1.807, 2.05) is 0 Å². The number of ketones is 1. The van der Waals surface area contributed by atoms with Crippen molar-refractivity contribution in [3.63, 3.8) is 0 Å². The maximum Gasteiger partial charge on any atom is 0.210 e. The van der Waals surface area contributed by atoms with Gasteiger partial charge in [-0.15, -0.1) is 0 Å². The molecule has 5 nitrogen and oxygen atoms in total. The van der Waals surface area contributed by atoms with Crippen LogP contribution in [0.3, 0.4) is 0 Å². The Hall–Kier alpha value is -2.90. The van der Waals surface area contributed by atoms with Crippen LogP contribution in [0, 0.1) is 0 Å². The first kappa shape index (κ1) is 23.3. The molecule has 0 radical (unpaired) electrons. The third kappa shape index (κ3) is 4.75. The smallest absolute Gasteiger partial charge is 0.210 e. The molecule has 0 aliphatic heterocycles. The number of sulfone groups is 1. The zero-order chi connectivity index (χ0) is 23.8. The number of allylic oxidation sites excluding steroid dienone is 1. The highest BCUT2D eigenvalue weighted by Crippen LogP contribution is 2.27. The van der Waals surface area contributed by atoms with E-state index in [9.17, 15) is 18.0 Å². The molecule has 0 aliphatic rings. The Morgan fingerprint density at radius 2 is 1.39 bits per heavy atom. The molecule has 0 bridgehead atoms. The number of hydrogen-bond donors (Lipinski definition) is 0. The molecule has 0 spiro atoms. The molecule has 0 atom stereocenters. The summed E-state index contributed by atoms with van der Waals surface area (Å²) >= 11 is 17.8. The molecule has 0 aliphatic carbocycles. The van der Waals surface area contributed by atoms with Gasteiger partial charge in [0.25, 0.3) is 0 Å². The van der Waals surface area contributed by atoms with Gasteiger partial charge in [-0.1, -0.05) is 34.8 Å². The fourth-order valence-electron chi connectivity index (χ4n) is 3.11. The first-order valence-electron chi connectivity index (χ1n) is 9.40. The number of carbonyl (C=O) groups excluding carboxylic acids is 1. The molecule has 1 heterocycles. The molecule has 33 heavy (non-hydrogen) atoms. The van der Waals surface area contributed by atoms with E-state index in [2.05, 4.69) is 0 Å². The Labute approximate surface area is 203 Å². The molecule has 0 N–H and O–H groups in total. The highest BCUT2D eigenvalue weighted by atomic mass is 35.5. The first-order chi connectivity index (χ1) is 15.7. The summed E-state index contributed by atoms with van der Waals surface area (Å²) in [6.07, 6.45) is 2.11. The number of fused-ring (bicyclic) bond motifs is 1.